The molecule has 0 atom stereocenters. The predicted molar refractivity (Wildman–Crippen MR) is 75.9 cm³/mol. The van der Waals surface area contributed by atoms with E-state index in [1.54, 1.807) is 23.1 Å². The standard InChI is InChI=1S/C15H22N2O2/c1-17(10-12-5-2-3-6-12)15(18)11-19-14-8-4-7-13(16)9-14/h4,7-9,12H,2-3,5-6,10-11,16H2,1H3. The third kappa shape index (κ3) is 4.16. The van der Waals surface area contributed by atoms with Crippen molar-refractivity contribution in [2.75, 3.05) is 25.9 Å². The van der Waals surface area contributed by atoms with Gasteiger partial charge >= 0.3 is 0 Å². The maximum atomic E-state index is 12.0. The average Bonchev–Trinajstić information content (AvgIpc) is 2.89. The van der Waals surface area contributed by atoms with Gasteiger partial charge in [0.05, 0.1) is 0 Å². The van der Waals surface area contributed by atoms with Crippen LogP contribution >= 0.6 is 0 Å². The van der Waals surface area contributed by atoms with Crippen LogP contribution in [0.5, 0.6) is 5.75 Å². The maximum Gasteiger partial charge on any atom is 0.260 e. The molecule has 0 saturated heterocycles. The summed E-state index contributed by atoms with van der Waals surface area (Å²) in [6.45, 7) is 0.922. The van der Waals surface area contributed by atoms with Gasteiger partial charge in [0.25, 0.3) is 5.91 Å². The van der Waals surface area contributed by atoms with Gasteiger partial charge in [-0.1, -0.05) is 18.9 Å². The van der Waals surface area contributed by atoms with Crippen molar-refractivity contribution in [1.82, 2.24) is 4.90 Å². The molecule has 2 N–H and O–H groups in total. The zero-order valence-corrected chi connectivity index (χ0v) is 11.5. The van der Waals surface area contributed by atoms with E-state index in [9.17, 15) is 4.79 Å². The van der Waals surface area contributed by atoms with Crippen molar-refractivity contribution in [3.8, 4) is 5.75 Å². The highest BCUT2D eigenvalue weighted by Crippen LogP contribution is 2.25. The first-order valence-corrected chi connectivity index (χ1v) is 6.87. The van der Waals surface area contributed by atoms with Gasteiger partial charge in [-0.25, -0.2) is 0 Å². The van der Waals surface area contributed by atoms with Crippen LogP contribution in [0.3, 0.4) is 0 Å². The van der Waals surface area contributed by atoms with Gasteiger partial charge in [0, 0.05) is 25.3 Å². The van der Waals surface area contributed by atoms with Crippen molar-refractivity contribution in [2.24, 2.45) is 5.92 Å². The molecule has 0 aromatic heterocycles. The van der Waals surface area contributed by atoms with E-state index in [0.29, 0.717) is 17.4 Å². The first-order valence-electron chi connectivity index (χ1n) is 6.87. The maximum absolute atomic E-state index is 12.0. The summed E-state index contributed by atoms with van der Waals surface area (Å²) in [6.07, 6.45) is 5.08. The van der Waals surface area contributed by atoms with Gasteiger partial charge < -0.3 is 15.4 Å². The minimum Gasteiger partial charge on any atom is -0.484 e. The lowest BCUT2D eigenvalue weighted by molar-refractivity contribution is -0.132. The second-order valence-electron chi connectivity index (χ2n) is 5.29. The summed E-state index contributed by atoms with van der Waals surface area (Å²) in [5, 5.41) is 0. The molecule has 0 radical (unpaired) electrons. The Labute approximate surface area is 114 Å². The minimum atomic E-state index is 0.0225. The fourth-order valence-corrected chi connectivity index (χ4v) is 2.54. The lowest BCUT2D eigenvalue weighted by Gasteiger charge is -2.21. The van der Waals surface area contributed by atoms with Crippen molar-refractivity contribution in [3.05, 3.63) is 24.3 Å². The van der Waals surface area contributed by atoms with Crippen LogP contribution in [0.25, 0.3) is 0 Å². The fourth-order valence-electron chi connectivity index (χ4n) is 2.54. The van der Waals surface area contributed by atoms with E-state index in [1.807, 2.05) is 13.1 Å². The van der Waals surface area contributed by atoms with Gasteiger partial charge in [0.1, 0.15) is 5.75 Å². The number of hydrogen-bond acceptors (Lipinski definition) is 3. The SMILES string of the molecule is CN(CC1CCCC1)C(=O)COc1cccc(N)c1. The summed E-state index contributed by atoms with van der Waals surface area (Å²) in [4.78, 5) is 13.7. The highest BCUT2D eigenvalue weighted by molar-refractivity contribution is 5.77. The van der Waals surface area contributed by atoms with Gasteiger partial charge in [-0.05, 0) is 30.9 Å². The Morgan fingerprint density at radius 1 is 1.42 bits per heavy atom. The second-order valence-corrected chi connectivity index (χ2v) is 5.29. The van der Waals surface area contributed by atoms with E-state index in [0.717, 1.165) is 6.54 Å². The Morgan fingerprint density at radius 3 is 2.84 bits per heavy atom. The van der Waals surface area contributed by atoms with Crippen LogP contribution in [-0.2, 0) is 4.79 Å². The van der Waals surface area contributed by atoms with Crippen LogP contribution in [-0.4, -0.2) is 31.0 Å². The average molecular weight is 262 g/mol. The third-order valence-corrected chi connectivity index (χ3v) is 3.65. The van der Waals surface area contributed by atoms with Gasteiger partial charge in [0.15, 0.2) is 6.61 Å². The molecule has 1 aliphatic rings. The zero-order valence-electron chi connectivity index (χ0n) is 11.5. The summed E-state index contributed by atoms with van der Waals surface area (Å²) in [5.74, 6) is 1.33. The number of amides is 1. The smallest absolute Gasteiger partial charge is 0.260 e. The monoisotopic (exact) mass is 262 g/mol. The number of carbonyl (C=O) groups is 1. The summed E-state index contributed by atoms with van der Waals surface area (Å²) in [7, 11) is 1.85. The number of benzene rings is 1. The molecule has 1 fully saturated rings. The number of hydrogen-bond donors (Lipinski definition) is 1. The first kappa shape index (κ1) is 13.7. The van der Waals surface area contributed by atoms with E-state index < -0.39 is 0 Å². The van der Waals surface area contributed by atoms with Crippen LogP contribution in [0, 0.1) is 5.92 Å². The topological polar surface area (TPSA) is 55.6 Å². The number of nitrogens with two attached hydrogens (primary N) is 1. The Kier molecular flexibility index (Phi) is 4.66. The molecule has 2 rings (SSSR count). The molecule has 104 valence electrons. The largest absolute Gasteiger partial charge is 0.484 e. The van der Waals surface area contributed by atoms with Crippen LogP contribution in [0.15, 0.2) is 24.3 Å². The number of nitrogen functional groups attached to an aromatic ring is 1. The van der Waals surface area contributed by atoms with Crippen LogP contribution < -0.4 is 10.5 Å². The Balaban J connectivity index is 1.76. The molecule has 0 unspecified atom stereocenters. The zero-order chi connectivity index (χ0) is 13.7. The summed E-state index contributed by atoms with van der Waals surface area (Å²) in [6, 6.07) is 7.14. The number of likely N-dealkylation sites (N-methyl/N-ethyl adjacent to an activating group) is 1. The number of anilines is 1. The van der Waals surface area contributed by atoms with Gasteiger partial charge in [-0.3, -0.25) is 4.79 Å². The minimum absolute atomic E-state index is 0.0225. The highest BCUT2D eigenvalue weighted by Gasteiger charge is 2.19. The third-order valence-electron chi connectivity index (χ3n) is 3.65. The fraction of sp³-hybridized carbons (Fsp3) is 0.533. The van der Waals surface area contributed by atoms with Gasteiger partial charge in [-0.2, -0.15) is 0 Å². The van der Waals surface area contributed by atoms with E-state index >= 15 is 0 Å². The molecule has 0 spiro atoms. The lowest BCUT2D eigenvalue weighted by atomic mass is 10.1. The molecule has 0 aliphatic heterocycles. The normalized spacial score (nSPS) is 15.4. The van der Waals surface area contributed by atoms with Crippen molar-refractivity contribution in [2.45, 2.75) is 25.7 Å². The molecule has 4 nitrogen and oxygen atoms in total. The molecule has 1 aromatic carbocycles. The van der Waals surface area contributed by atoms with Crippen molar-refractivity contribution < 1.29 is 9.53 Å². The lowest BCUT2D eigenvalue weighted by Crippen LogP contribution is -2.34. The van der Waals surface area contributed by atoms with E-state index in [1.165, 1.54) is 25.7 Å². The molecule has 0 bridgehead atoms. The summed E-state index contributed by atoms with van der Waals surface area (Å²) >= 11 is 0. The van der Waals surface area contributed by atoms with Gasteiger partial charge in [0.2, 0.25) is 0 Å². The molecule has 1 aromatic rings. The Morgan fingerprint density at radius 2 is 2.16 bits per heavy atom. The van der Waals surface area contributed by atoms with Gasteiger partial charge in [-0.15, -0.1) is 0 Å². The number of ether oxygens (including phenoxy) is 1. The number of rotatable bonds is 5. The number of nitrogens with zero attached hydrogens (tertiary/aromatic N) is 1. The predicted octanol–water partition coefficient (Wildman–Crippen LogP) is 2.30. The highest BCUT2D eigenvalue weighted by atomic mass is 16.5. The van der Waals surface area contributed by atoms with Crippen molar-refractivity contribution in [1.29, 1.82) is 0 Å². The summed E-state index contributed by atoms with van der Waals surface area (Å²) in [5.41, 5.74) is 6.30. The molecule has 1 saturated carbocycles. The molecule has 4 heteroatoms. The van der Waals surface area contributed by atoms with Crippen LogP contribution in [0.2, 0.25) is 0 Å². The molecule has 1 aliphatic carbocycles. The molecule has 19 heavy (non-hydrogen) atoms. The van der Waals surface area contributed by atoms with Crippen LogP contribution in [0.1, 0.15) is 25.7 Å². The van der Waals surface area contributed by atoms with E-state index in [2.05, 4.69) is 0 Å². The second kappa shape index (κ2) is 6.45. The number of carbonyl (C=O) groups excluding carboxylic acids is 1. The van der Waals surface area contributed by atoms with Crippen LogP contribution in [0.4, 0.5) is 5.69 Å². The molecule has 1 amide bonds. The van der Waals surface area contributed by atoms with Crippen molar-refractivity contribution >= 4 is 11.6 Å². The first-order chi connectivity index (χ1) is 9.15. The summed E-state index contributed by atoms with van der Waals surface area (Å²) < 4.78 is 5.46. The molecular formula is C15H22N2O2. The Hall–Kier alpha value is -1.71. The van der Waals surface area contributed by atoms with E-state index in [4.69, 9.17) is 10.5 Å². The quantitative estimate of drug-likeness (QED) is 0.828. The van der Waals surface area contributed by atoms with Crippen molar-refractivity contribution in [3.63, 3.8) is 0 Å². The molecule has 0 heterocycles. The molecular weight excluding hydrogens is 240 g/mol. The van der Waals surface area contributed by atoms with E-state index in [-0.39, 0.29) is 12.5 Å². The Bertz CT molecular complexity index is 428.